The molecule has 2 aromatic carbocycles. The van der Waals surface area contributed by atoms with Gasteiger partial charge in [0.15, 0.2) is 0 Å². The number of amides is 2. The molecule has 0 bridgehead atoms. The zero-order chi connectivity index (χ0) is 20.0. The van der Waals surface area contributed by atoms with Crippen molar-refractivity contribution in [1.29, 1.82) is 0 Å². The molecule has 0 radical (unpaired) electrons. The minimum absolute atomic E-state index is 0.00295. The van der Waals surface area contributed by atoms with E-state index in [-0.39, 0.29) is 17.9 Å². The molecule has 0 aliphatic rings. The zero-order valence-electron chi connectivity index (χ0n) is 15.9. The summed E-state index contributed by atoms with van der Waals surface area (Å²) in [5, 5.41) is 5.36. The van der Waals surface area contributed by atoms with Crippen LogP contribution >= 0.6 is 11.6 Å². The summed E-state index contributed by atoms with van der Waals surface area (Å²) in [6.45, 7) is 1.21. The number of carbonyl (C=O) groups excluding carboxylic acids is 2. The molecule has 0 heterocycles. The third-order valence-corrected chi connectivity index (χ3v) is 4.61. The molecule has 0 fully saturated rings. The largest absolute Gasteiger partial charge is 0.445 e. The average Bonchev–Trinajstić information content (AvgIpc) is 2.74. The summed E-state index contributed by atoms with van der Waals surface area (Å²) < 4.78 is 5.14. The number of alkyl halides is 1. The van der Waals surface area contributed by atoms with Gasteiger partial charge in [0.2, 0.25) is 5.91 Å². The van der Waals surface area contributed by atoms with E-state index < -0.39 is 6.09 Å². The quantitative estimate of drug-likeness (QED) is 0.427. The lowest BCUT2D eigenvalue weighted by Gasteiger charge is -2.11. The third kappa shape index (κ3) is 8.91. The number of nitrogens with one attached hydrogen (secondary N) is 2. The second-order valence-electron chi connectivity index (χ2n) is 6.48. The molecular formula is C22H27ClN2O3. The van der Waals surface area contributed by atoms with Crippen molar-refractivity contribution in [2.45, 2.75) is 37.7 Å². The minimum atomic E-state index is -0.421. The highest BCUT2D eigenvalue weighted by Crippen LogP contribution is 2.18. The summed E-state index contributed by atoms with van der Waals surface area (Å²) in [5.74, 6) is -0.00295. The fraction of sp³-hybridized carbons (Fsp3) is 0.364. The number of unbranched alkanes of at least 4 members (excludes halogenated alkanes) is 2. The number of carbonyl (C=O) groups is 2. The fourth-order valence-corrected chi connectivity index (χ4v) is 2.85. The molecular weight excluding hydrogens is 376 g/mol. The Labute approximate surface area is 171 Å². The van der Waals surface area contributed by atoms with Gasteiger partial charge in [0.05, 0.1) is 5.38 Å². The molecule has 150 valence electrons. The van der Waals surface area contributed by atoms with Gasteiger partial charge < -0.3 is 15.4 Å². The van der Waals surface area contributed by atoms with Crippen molar-refractivity contribution < 1.29 is 14.3 Å². The van der Waals surface area contributed by atoms with Gasteiger partial charge in [-0.1, -0.05) is 67.1 Å². The van der Waals surface area contributed by atoms with Crippen LogP contribution in [-0.4, -0.2) is 25.1 Å². The number of halogens is 1. The maximum Gasteiger partial charge on any atom is 0.407 e. The molecule has 0 aliphatic heterocycles. The fourth-order valence-electron chi connectivity index (χ4n) is 2.62. The van der Waals surface area contributed by atoms with Crippen LogP contribution in [0.2, 0.25) is 0 Å². The first-order chi connectivity index (χ1) is 13.6. The lowest BCUT2D eigenvalue weighted by molar-refractivity contribution is -0.121. The SMILES string of the molecule is O=C(CCCCCNC(=O)OCc1ccccc1)NCC(Cl)c1ccccc1. The highest BCUT2D eigenvalue weighted by Gasteiger charge is 2.09. The number of hydrogen-bond donors (Lipinski definition) is 2. The van der Waals surface area contributed by atoms with Gasteiger partial charge in [-0.15, -0.1) is 11.6 Å². The van der Waals surface area contributed by atoms with Gasteiger partial charge in [-0.25, -0.2) is 4.79 Å². The van der Waals surface area contributed by atoms with E-state index in [2.05, 4.69) is 10.6 Å². The molecule has 0 spiro atoms. The van der Waals surface area contributed by atoms with Gasteiger partial charge in [0.25, 0.3) is 0 Å². The summed E-state index contributed by atoms with van der Waals surface area (Å²) in [6, 6.07) is 19.2. The first kappa shape index (κ1) is 21.8. The highest BCUT2D eigenvalue weighted by atomic mass is 35.5. The molecule has 1 atom stereocenters. The summed E-state index contributed by atoms with van der Waals surface area (Å²) in [4.78, 5) is 23.5. The first-order valence-electron chi connectivity index (χ1n) is 9.55. The number of hydrogen-bond acceptors (Lipinski definition) is 3. The molecule has 5 nitrogen and oxygen atoms in total. The average molecular weight is 403 g/mol. The summed E-state index contributed by atoms with van der Waals surface area (Å²) >= 11 is 6.28. The Morgan fingerprint density at radius 1 is 0.893 bits per heavy atom. The van der Waals surface area contributed by atoms with Gasteiger partial charge >= 0.3 is 6.09 Å². The van der Waals surface area contributed by atoms with E-state index in [9.17, 15) is 9.59 Å². The molecule has 2 rings (SSSR count). The van der Waals surface area contributed by atoms with E-state index in [4.69, 9.17) is 16.3 Å². The molecule has 2 N–H and O–H groups in total. The molecule has 28 heavy (non-hydrogen) atoms. The lowest BCUT2D eigenvalue weighted by atomic mass is 10.1. The Bertz CT molecular complexity index is 710. The molecule has 0 aromatic heterocycles. The maximum atomic E-state index is 11.9. The van der Waals surface area contributed by atoms with Crippen molar-refractivity contribution in [3.63, 3.8) is 0 Å². The van der Waals surface area contributed by atoms with Crippen LogP contribution in [0, 0.1) is 0 Å². The summed E-state index contributed by atoms with van der Waals surface area (Å²) in [5.41, 5.74) is 1.95. The number of rotatable bonds is 11. The van der Waals surface area contributed by atoms with Crippen LogP contribution in [0.5, 0.6) is 0 Å². The van der Waals surface area contributed by atoms with Crippen molar-refractivity contribution in [2.75, 3.05) is 13.1 Å². The number of ether oxygens (including phenoxy) is 1. The predicted octanol–water partition coefficient (Wildman–Crippen LogP) is 4.57. The first-order valence-corrected chi connectivity index (χ1v) is 9.99. The zero-order valence-corrected chi connectivity index (χ0v) is 16.7. The van der Waals surface area contributed by atoms with Gasteiger partial charge in [0, 0.05) is 19.5 Å². The van der Waals surface area contributed by atoms with E-state index in [1.165, 1.54) is 0 Å². The van der Waals surface area contributed by atoms with E-state index in [0.29, 0.717) is 19.5 Å². The molecule has 6 heteroatoms. The van der Waals surface area contributed by atoms with Gasteiger partial charge in [-0.05, 0) is 24.0 Å². The van der Waals surface area contributed by atoms with E-state index >= 15 is 0 Å². The molecule has 0 saturated carbocycles. The Morgan fingerprint density at radius 2 is 1.57 bits per heavy atom. The molecule has 2 aromatic rings. The summed E-state index contributed by atoms with van der Waals surface area (Å²) in [6.07, 6.45) is 2.46. The van der Waals surface area contributed by atoms with Gasteiger partial charge in [0.1, 0.15) is 6.61 Å². The van der Waals surface area contributed by atoms with E-state index in [1.54, 1.807) is 0 Å². The molecule has 0 aliphatic carbocycles. The normalized spacial score (nSPS) is 11.5. The van der Waals surface area contributed by atoms with Crippen LogP contribution in [0.15, 0.2) is 60.7 Å². The van der Waals surface area contributed by atoms with Crippen molar-refractivity contribution >= 4 is 23.6 Å². The topological polar surface area (TPSA) is 67.4 Å². The number of alkyl carbamates (subject to hydrolysis) is 1. The molecule has 1 unspecified atom stereocenters. The lowest BCUT2D eigenvalue weighted by Crippen LogP contribution is -2.27. The van der Waals surface area contributed by atoms with Gasteiger partial charge in [-0.3, -0.25) is 4.79 Å². The van der Waals surface area contributed by atoms with Crippen LogP contribution < -0.4 is 10.6 Å². The second kappa shape index (κ2) is 12.8. The number of benzene rings is 2. The second-order valence-corrected chi connectivity index (χ2v) is 7.01. The Balaban J connectivity index is 1.46. The van der Waals surface area contributed by atoms with Crippen molar-refractivity contribution in [3.05, 3.63) is 71.8 Å². The van der Waals surface area contributed by atoms with Gasteiger partial charge in [-0.2, -0.15) is 0 Å². The predicted molar refractivity (Wildman–Crippen MR) is 111 cm³/mol. The molecule has 2 amide bonds. The Kier molecular flexibility index (Phi) is 9.94. The van der Waals surface area contributed by atoms with Crippen LogP contribution in [0.25, 0.3) is 0 Å². The highest BCUT2D eigenvalue weighted by molar-refractivity contribution is 6.21. The smallest absolute Gasteiger partial charge is 0.407 e. The summed E-state index contributed by atoms with van der Waals surface area (Å²) in [7, 11) is 0. The van der Waals surface area contributed by atoms with E-state index in [0.717, 1.165) is 30.4 Å². The van der Waals surface area contributed by atoms with Crippen molar-refractivity contribution in [3.8, 4) is 0 Å². The third-order valence-electron chi connectivity index (χ3n) is 4.20. The van der Waals surface area contributed by atoms with E-state index in [1.807, 2.05) is 60.7 Å². The van der Waals surface area contributed by atoms with Crippen LogP contribution in [0.3, 0.4) is 0 Å². The van der Waals surface area contributed by atoms with Crippen molar-refractivity contribution in [1.82, 2.24) is 10.6 Å². The Morgan fingerprint density at radius 3 is 2.29 bits per heavy atom. The molecule has 0 saturated heterocycles. The standard InChI is InChI=1S/C22H27ClN2O3/c23-20(19-12-6-2-7-13-19)16-25-21(26)14-8-3-9-15-24-22(27)28-17-18-10-4-1-5-11-18/h1-2,4-7,10-13,20H,3,8-9,14-17H2,(H,24,27)(H,25,26). The Hall–Kier alpha value is -2.53. The monoisotopic (exact) mass is 402 g/mol. The maximum absolute atomic E-state index is 11.9. The van der Waals surface area contributed by atoms with Crippen molar-refractivity contribution in [2.24, 2.45) is 0 Å². The minimum Gasteiger partial charge on any atom is -0.445 e. The van der Waals surface area contributed by atoms with Crippen LogP contribution in [0.4, 0.5) is 4.79 Å². The van der Waals surface area contributed by atoms with Crippen LogP contribution in [0.1, 0.15) is 42.2 Å². The van der Waals surface area contributed by atoms with Crippen LogP contribution in [-0.2, 0) is 16.1 Å².